The second kappa shape index (κ2) is 6.46. The van der Waals surface area contributed by atoms with Crippen LogP contribution >= 0.6 is 0 Å². The molecule has 130 valence electrons. The van der Waals surface area contributed by atoms with Crippen LogP contribution in [-0.2, 0) is 6.18 Å². The molecular weight excluding hydrogens is 337 g/mol. The number of alkyl halides is 3. The number of methoxy groups -OCH3 is 2. The first-order valence-electron chi connectivity index (χ1n) is 7.16. The van der Waals surface area contributed by atoms with Crippen molar-refractivity contribution in [3.8, 4) is 34.3 Å². The number of halogens is 3. The Bertz CT molecular complexity index is 874. The van der Waals surface area contributed by atoms with E-state index in [1.54, 1.807) is 18.2 Å². The number of benzene rings is 2. The van der Waals surface area contributed by atoms with Crippen LogP contribution in [0.5, 0.6) is 11.5 Å². The van der Waals surface area contributed by atoms with Gasteiger partial charge in [0.2, 0.25) is 5.82 Å². The molecule has 1 heterocycles. The monoisotopic (exact) mass is 350 g/mol. The highest BCUT2D eigenvalue weighted by Gasteiger charge is 2.30. The summed E-state index contributed by atoms with van der Waals surface area (Å²) in [6.07, 6.45) is -4.39. The Morgan fingerprint density at radius 3 is 2.28 bits per heavy atom. The maximum atomic E-state index is 12.6. The molecule has 8 heteroatoms. The highest BCUT2D eigenvalue weighted by molar-refractivity contribution is 5.67. The Labute approximate surface area is 141 Å². The average molecular weight is 350 g/mol. The third kappa shape index (κ3) is 3.42. The van der Waals surface area contributed by atoms with Crippen LogP contribution in [0.4, 0.5) is 13.2 Å². The van der Waals surface area contributed by atoms with Crippen molar-refractivity contribution >= 4 is 0 Å². The van der Waals surface area contributed by atoms with Crippen LogP contribution < -0.4 is 9.47 Å². The van der Waals surface area contributed by atoms with Crippen molar-refractivity contribution in [1.29, 1.82) is 0 Å². The molecule has 0 radical (unpaired) electrons. The molecular formula is C17H13F3N2O3. The van der Waals surface area contributed by atoms with E-state index in [1.165, 1.54) is 26.4 Å². The van der Waals surface area contributed by atoms with Gasteiger partial charge in [0.25, 0.3) is 5.89 Å². The molecule has 1 aromatic heterocycles. The van der Waals surface area contributed by atoms with Crippen LogP contribution in [-0.4, -0.2) is 24.4 Å². The first kappa shape index (κ1) is 16.8. The van der Waals surface area contributed by atoms with Crippen molar-refractivity contribution in [3.05, 3.63) is 48.0 Å². The van der Waals surface area contributed by atoms with Crippen molar-refractivity contribution in [1.82, 2.24) is 10.1 Å². The first-order chi connectivity index (χ1) is 11.9. The van der Waals surface area contributed by atoms with Gasteiger partial charge in [-0.1, -0.05) is 5.16 Å². The van der Waals surface area contributed by atoms with Crippen molar-refractivity contribution in [2.24, 2.45) is 0 Å². The number of ether oxygens (including phenoxy) is 2. The molecule has 0 N–H and O–H groups in total. The zero-order valence-electron chi connectivity index (χ0n) is 13.3. The lowest BCUT2D eigenvalue weighted by atomic mass is 10.1. The van der Waals surface area contributed by atoms with Gasteiger partial charge in [-0.25, -0.2) is 0 Å². The topological polar surface area (TPSA) is 57.4 Å². The molecule has 0 saturated heterocycles. The Morgan fingerprint density at radius 2 is 1.68 bits per heavy atom. The third-order valence-electron chi connectivity index (χ3n) is 3.53. The number of nitrogens with zero attached hydrogens (tertiary/aromatic N) is 2. The summed E-state index contributed by atoms with van der Waals surface area (Å²) in [5.41, 5.74) is 0.220. The summed E-state index contributed by atoms with van der Waals surface area (Å²) in [5, 5.41) is 3.87. The summed E-state index contributed by atoms with van der Waals surface area (Å²) in [5.74, 6) is 1.46. The number of aromatic nitrogens is 2. The predicted molar refractivity (Wildman–Crippen MR) is 83.3 cm³/mol. The van der Waals surface area contributed by atoms with Gasteiger partial charge in [0.05, 0.1) is 25.3 Å². The fraction of sp³-hybridized carbons (Fsp3) is 0.176. The van der Waals surface area contributed by atoms with Crippen molar-refractivity contribution in [2.75, 3.05) is 14.2 Å². The molecule has 0 aliphatic heterocycles. The molecule has 0 spiro atoms. The second-order valence-corrected chi connectivity index (χ2v) is 5.06. The van der Waals surface area contributed by atoms with Crippen molar-refractivity contribution < 1.29 is 27.2 Å². The lowest BCUT2D eigenvalue weighted by molar-refractivity contribution is -0.137. The van der Waals surface area contributed by atoms with E-state index in [4.69, 9.17) is 14.0 Å². The summed E-state index contributed by atoms with van der Waals surface area (Å²) in [7, 11) is 3.03. The highest BCUT2D eigenvalue weighted by Crippen LogP contribution is 2.34. The van der Waals surface area contributed by atoms with E-state index >= 15 is 0 Å². The second-order valence-electron chi connectivity index (χ2n) is 5.06. The number of rotatable bonds is 4. The van der Waals surface area contributed by atoms with Gasteiger partial charge in [0.1, 0.15) is 11.5 Å². The number of hydrogen-bond acceptors (Lipinski definition) is 5. The largest absolute Gasteiger partial charge is 0.497 e. The molecule has 3 aromatic rings. The van der Waals surface area contributed by atoms with Crippen LogP contribution in [0.2, 0.25) is 0 Å². The fourth-order valence-corrected chi connectivity index (χ4v) is 2.24. The van der Waals surface area contributed by atoms with Crippen LogP contribution in [0.3, 0.4) is 0 Å². The molecule has 5 nitrogen and oxygen atoms in total. The van der Waals surface area contributed by atoms with E-state index in [-0.39, 0.29) is 11.7 Å². The highest BCUT2D eigenvalue weighted by atomic mass is 19.4. The molecule has 0 unspecified atom stereocenters. The van der Waals surface area contributed by atoms with Gasteiger partial charge in [0.15, 0.2) is 0 Å². The molecule has 0 saturated carbocycles. The Kier molecular flexibility index (Phi) is 4.35. The Balaban J connectivity index is 1.93. The molecule has 0 amide bonds. The SMILES string of the molecule is COc1ccc(-c2noc(-c3ccc(C(F)(F)F)cc3)n2)c(OC)c1. The summed E-state index contributed by atoms with van der Waals surface area (Å²) in [6.45, 7) is 0. The quantitative estimate of drug-likeness (QED) is 0.696. The summed E-state index contributed by atoms with van der Waals surface area (Å²) < 4.78 is 53.4. The summed E-state index contributed by atoms with van der Waals surface area (Å²) in [6, 6.07) is 9.59. The fourth-order valence-electron chi connectivity index (χ4n) is 2.24. The van der Waals surface area contributed by atoms with Crippen LogP contribution in [0.1, 0.15) is 5.56 Å². The first-order valence-corrected chi connectivity index (χ1v) is 7.16. The van der Waals surface area contributed by atoms with Crippen LogP contribution in [0.15, 0.2) is 47.0 Å². The van der Waals surface area contributed by atoms with E-state index in [0.717, 1.165) is 12.1 Å². The van der Waals surface area contributed by atoms with Crippen molar-refractivity contribution in [2.45, 2.75) is 6.18 Å². The third-order valence-corrected chi connectivity index (χ3v) is 3.53. The summed E-state index contributed by atoms with van der Waals surface area (Å²) in [4.78, 5) is 4.23. The molecule has 2 aromatic carbocycles. The normalized spacial score (nSPS) is 11.4. The molecule has 0 aliphatic carbocycles. The Hall–Kier alpha value is -3.03. The molecule has 0 aliphatic rings. The van der Waals surface area contributed by atoms with Gasteiger partial charge >= 0.3 is 6.18 Å². The zero-order valence-corrected chi connectivity index (χ0v) is 13.3. The van der Waals surface area contributed by atoms with Gasteiger partial charge in [-0.2, -0.15) is 18.2 Å². The lowest BCUT2D eigenvalue weighted by Gasteiger charge is -2.07. The molecule has 0 bridgehead atoms. The summed E-state index contributed by atoms with van der Waals surface area (Å²) >= 11 is 0. The average Bonchev–Trinajstić information content (AvgIpc) is 3.10. The molecule has 0 atom stereocenters. The van der Waals surface area contributed by atoms with Crippen LogP contribution in [0.25, 0.3) is 22.8 Å². The maximum absolute atomic E-state index is 12.6. The van der Waals surface area contributed by atoms with Gasteiger partial charge in [-0.15, -0.1) is 0 Å². The van der Waals surface area contributed by atoms with E-state index in [9.17, 15) is 13.2 Å². The lowest BCUT2D eigenvalue weighted by Crippen LogP contribution is -2.03. The maximum Gasteiger partial charge on any atom is 0.416 e. The van der Waals surface area contributed by atoms with Gasteiger partial charge < -0.3 is 14.0 Å². The van der Waals surface area contributed by atoms with Gasteiger partial charge in [-0.3, -0.25) is 0 Å². The van der Waals surface area contributed by atoms with Gasteiger partial charge in [-0.05, 0) is 36.4 Å². The van der Waals surface area contributed by atoms with E-state index in [0.29, 0.717) is 22.6 Å². The molecule has 25 heavy (non-hydrogen) atoms. The van der Waals surface area contributed by atoms with E-state index in [2.05, 4.69) is 10.1 Å². The smallest absolute Gasteiger partial charge is 0.416 e. The minimum Gasteiger partial charge on any atom is -0.497 e. The van der Waals surface area contributed by atoms with Crippen molar-refractivity contribution in [3.63, 3.8) is 0 Å². The minimum absolute atomic E-state index is 0.113. The van der Waals surface area contributed by atoms with Gasteiger partial charge in [0, 0.05) is 11.6 Å². The number of hydrogen-bond donors (Lipinski definition) is 0. The molecule has 3 rings (SSSR count). The zero-order chi connectivity index (χ0) is 18.0. The van der Waals surface area contributed by atoms with E-state index < -0.39 is 11.7 Å². The Morgan fingerprint density at radius 1 is 0.960 bits per heavy atom. The van der Waals surface area contributed by atoms with E-state index in [1.807, 2.05) is 0 Å². The predicted octanol–water partition coefficient (Wildman–Crippen LogP) is 4.44. The van der Waals surface area contributed by atoms with Crippen LogP contribution in [0, 0.1) is 0 Å². The minimum atomic E-state index is -4.39. The molecule has 0 fully saturated rings. The standard InChI is InChI=1S/C17H13F3N2O3/c1-23-12-7-8-13(14(9-12)24-2)15-21-16(25-22-15)10-3-5-11(6-4-10)17(18,19)20/h3-9H,1-2H3.